The van der Waals surface area contributed by atoms with Gasteiger partial charge in [-0.15, -0.1) is 0 Å². The molecule has 0 saturated heterocycles. The Morgan fingerprint density at radius 2 is 0.617 bits per heavy atom. The second kappa shape index (κ2) is 15.0. The van der Waals surface area contributed by atoms with Crippen LogP contribution in [-0.2, 0) is 0 Å². The summed E-state index contributed by atoms with van der Waals surface area (Å²) in [6, 6.07) is 76.5. The molecule has 2 aromatic heterocycles. The van der Waals surface area contributed by atoms with E-state index in [-0.39, 0.29) is 0 Å². The second-order valence-electron chi connectivity index (χ2n) is 15.1. The molecule has 0 aliphatic heterocycles. The maximum Gasteiger partial charge on any atom is 0.164 e. The predicted octanol–water partition coefficient (Wildman–Crippen LogP) is 14.4. The van der Waals surface area contributed by atoms with Crippen molar-refractivity contribution in [2.75, 3.05) is 0 Å². The van der Waals surface area contributed by atoms with Crippen LogP contribution in [0.4, 0.5) is 0 Å². The summed E-state index contributed by atoms with van der Waals surface area (Å²) in [5, 5.41) is 5.94. The van der Waals surface area contributed by atoms with Crippen molar-refractivity contribution >= 4 is 32.4 Å². The molecule has 0 unspecified atom stereocenters. The molecule has 0 saturated carbocycles. The Labute approximate surface area is 348 Å². The Morgan fingerprint density at radius 3 is 1.20 bits per heavy atom. The zero-order chi connectivity index (χ0) is 39.8. The van der Waals surface area contributed by atoms with Gasteiger partial charge in [0.25, 0.3) is 0 Å². The molecule has 0 aliphatic carbocycles. The number of hydrogen-bond donors (Lipinski definition) is 0. The van der Waals surface area contributed by atoms with E-state index in [9.17, 15) is 0 Å². The van der Waals surface area contributed by atoms with Crippen LogP contribution in [0.2, 0.25) is 0 Å². The van der Waals surface area contributed by atoms with Crippen LogP contribution in [0.25, 0.3) is 111 Å². The highest BCUT2D eigenvalue weighted by Crippen LogP contribution is 2.37. The van der Waals surface area contributed by atoms with Crippen molar-refractivity contribution in [3.63, 3.8) is 0 Å². The van der Waals surface area contributed by atoms with Crippen LogP contribution in [-0.4, -0.2) is 19.9 Å². The lowest BCUT2D eigenvalue weighted by molar-refractivity contribution is 1.07. The summed E-state index contributed by atoms with van der Waals surface area (Å²) < 4.78 is 0. The quantitative estimate of drug-likeness (QED) is 0.120. The highest BCUT2D eigenvalue weighted by atomic mass is 15.0. The maximum atomic E-state index is 5.22. The Kier molecular flexibility index (Phi) is 8.79. The normalized spacial score (nSPS) is 11.3. The summed E-state index contributed by atoms with van der Waals surface area (Å²) in [5.74, 6) is 1.87. The van der Waals surface area contributed by atoms with Gasteiger partial charge >= 0.3 is 0 Å². The lowest BCUT2D eigenvalue weighted by Crippen LogP contribution is -2.00. The van der Waals surface area contributed by atoms with Gasteiger partial charge in [-0.3, -0.25) is 0 Å². The lowest BCUT2D eigenvalue weighted by atomic mass is 9.95. The molecule has 0 radical (unpaired) electrons. The van der Waals surface area contributed by atoms with Gasteiger partial charge in [0.15, 0.2) is 17.5 Å². The van der Waals surface area contributed by atoms with Crippen molar-refractivity contribution in [3.8, 4) is 78.8 Å². The summed E-state index contributed by atoms with van der Waals surface area (Å²) in [6.07, 6.45) is 0. The zero-order valence-electron chi connectivity index (χ0n) is 32.6. The molecule has 0 bridgehead atoms. The van der Waals surface area contributed by atoms with Gasteiger partial charge in [0.1, 0.15) is 0 Å². The van der Waals surface area contributed by atoms with E-state index in [1.807, 2.05) is 12.1 Å². The standard InChI is InChI=1S/C56H36N4/c1-3-12-37(13-4-1)39-24-30-43(31-25-39)54-58-55(44-32-26-40(27-33-44)38-14-5-2-6-15-38)60-56(59-54)48-19-11-18-45(34-48)41-22-28-42(29-23-41)53-51-36-47-17-8-7-16-46(47)35-50(51)49-20-9-10-21-52(49)57-53/h1-36H. The van der Waals surface area contributed by atoms with Crippen molar-refractivity contribution in [3.05, 3.63) is 218 Å². The molecular weight excluding hydrogens is 729 g/mol. The van der Waals surface area contributed by atoms with Crippen molar-refractivity contribution in [1.82, 2.24) is 19.9 Å². The van der Waals surface area contributed by atoms with Crippen LogP contribution in [0.1, 0.15) is 0 Å². The number of nitrogens with zero attached hydrogens (tertiary/aromatic N) is 4. The molecule has 9 aromatic carbocycles. The van der Waals surface area contributed by atoms with Gasteiger partial charge < -0.3 is 0 Å². The summed E-state index contributed by atoms with van der Waals surface area (Å²) in [6.45, 7) is 0. The number of pyridine rings is 1. The lowest BCUT2D eigenvalue weighted by Gasteiger charge is -2.13. The molecule has 280 valence electrons. The molecular formula is C56H36N4. The molecule has 0 atom stereocenters. The van der Waals surface area contributed by atoms with Gasteiger partial charge in [-0.2, -0.15) is 0 Å². The average Bonchev–Trinajstić information content (AvgIpc) is 3.34. The summed E-state index contributed by atoms with van der Waals surface area (Å²) in [7, 11) is 0. The molecule has 60 heavy (non-hydrogen) atoms. The summed E-state index contributed by atoms with van der Waals surface area (Å²) in [4.78, 5) is 20.5. The van der Waals surface area contributed by atoms with Crippen molar-refractivity contribution in [1.29, 1.82) is 0 Å². The van der Waals surface area contributed by atoms with Gasteiger partial charge in [-0.1, -0.05) is 194 Å². The van der Waals surface area contributed by atoms with Crippen LogP contribution in [0, 0.1) is 0 Å². The minimum Gasteiger partial charge on any atom is -0.247 e. The van der Waals surface area contributed by atoms with E-state index in [4.69, 9.17) is 19.9 Å². The van der Waals surface area contributed by atoms with Crippen LogP contribution < -0.4 is 0 Å². The summed E-state index contributed by atoms with van der Waals surface area (Å²) in [5.41, 5.74) is 12.6. The molecule has 2 heterocycles. The number of benzene rings is 9. The van der Waals surface area contributed by atoms with E-state index in [2.05, 4.69) is 206 Å². The molecule has 0 fully saturated rings. The van der Waals surface area contributed by atoms with E-state index in [1.165, 1.54) is 27.3 Å². The predicted molar refractivity (Wildman–Crippen MR) is 248 cm³/mol. The maximum absolute atomic E-state index is 5.22. The smallest absolute Gasteiger partial charge is 0.164 e. The first-order valence-electron chi connectivity index (χ1n) is 20.2. The molecule has 0 amide bonds. The summed E-state index contributed by atoms with van der Waals surface area (Å²) >= 11 is 0. The first kappa shape index (κ1) is 35.1. The van der Waals surface area contributed by atoms with Crippen LogP contribution in [0.3, 0.4) is 0 Å². The Hall–Kier alpha value is -8.08. The fourth-order valence-electron chi connectivity index (χ4n) is 8.17. The molecule has 11 aromatic rings. The van der Waals surface area contributed by atoms with E-state index >= 15 is 0 Å². The number of fused-ring (bicyclic) bond motifs is 4. The first-order chi connectivity index (χ1) is 29.7. The monoisotopic (exact) mass is 764 g/mol. The number of hydrogen-bond acceptors (Lipinski definition) is 4. The van der Waals surface area contributed by atoms with Gasteiger partial charge in [0.05, 0.1) is 11.2 Å². The number of aromatic nitrogens is 4. The Bertz CT molecular complexity index is 3220. The Morgan fingerprint density at radius 1 is 0.217 bits per heavy atom. The fraction of sp³-hybridized carbons (Fsp3) is 0. The zero-order valence-corrected chi connectivity index (χ0v) is 32.6. The number of para-hydroxylation sites is 1. The molecule has 0 aliphatic rings. The topological polar surface area (TPSA) is 51.6 Å². The van der Waals surface area contributed by atoms with Crippen molar-refractivity contribution in [2.24, 2.45) is 0 Å². The fourth-order valence-corrected chi connectivity index (χ4v) is 8.17. The van der Waals surface area contributed by atoms with Gasteiger partial charge in [0, 0.05) is 33.0 Å². The van der Waals surface area contributed by atoms with E-state index in [0.29, 0.717) is 17.5 Å². The van der Waals surface area contributed by atoms with Gasteiger partial charge in [-0.25, -0.2) is 19.9 Å². The van der Waals surface area contributed by atoms with E-state index < -0.39 is 0 Å². The molecule has 0 spiro atoms. The Balaban J connectivity index is 0.972. The number of rotatable bonds is 7. The minimum absolute atomic E-state index is 0.617. The third kappa shape index (κ3) is 6.66. The van der Waals surface area contributed by atoms with E-state index in [0.717, 1.165) is 66.5 Å². The van der Waals surface area contributed by atoms with Gasteiger partial charge in [-0.05, 0) is 73.8 Å². The molecule has 4 heteroatoms. The molecule has 4 nitrogen and oxygen atoms in total. The van der Waals surface area contributed by atoms with Crippen LogP contribution >= 0.6 is 0 Å². The highest BCUT2D eigenvalue weighted by molar-refractivity contribution is 6.15. The van der Waals surface area contributed by atoms with Crippen molar-refractivity contribution < 1.29 is 0 Å². The van der Waals surface area contributed by atoms with Crippen LogP contribution in [0.15, 0.2) is 218 Å². The second-order valence-corrected chi connectivity index (χ2v) is 15.1. The first-order valence-corrected chi connectivity index (χ1v) is 20.2. The van der Waals surface area contributed by atoms with Gasteiger partial charge in [0.2, 0.25) is 0 Å². The molecule has 0 N–H and O–H groups in total. The third-order valence-electron chi connectivity index (χ3n) is 11.3. The van der Waals surface area contributed by atoms with Crippen LogP contribution in [0.5, 0.6) is 0 Å². The highest BCUT2D eigenvalue weighted by Gasteiger charge is 2.15. The average molecular weight is 765 g/mol. The largest absolute Gasteiger partial charge is 0.247 e. The van der Waals surface area contributed by atoms with E-state index in [1.54, 1.807) is 0 Å². The SMILES string of the molecule is c1ccc(-c2ccc(-c3nc(-c4ccc(-c5ccccc5)cc4)nc(-c4cccc(-c5ccc(-c6nc7ccccc7c7cc8ccccc8cc67)cc5)c4)n3)cc2)cc1. The minimum atomic E-state index is 0.617. The van der Waals surface area contributed by atoms with Crippen molar-refractivity contribution in [2.45, 2.75) is 0 Å². The molecule has 11 rings (SSSR count). The third-order valence-corrected chi connectivity index (χ3v) is 11.3.